The Morgan fingerprint density at radius 1 is 0.865 bits per heavy atom. The number of amides is 2. The van der Waals surface area contributed by atoms with E-state index in [1.807, 2.05) is 13.8 Å². The van der Waals surface area contributed by atoms with Crippen LogP contribution in [0.3, 0.4) is 0 Å². The van der Waals surface area contributed by atoms with Gasteiger partial charge in [-0.3, -0.25) is 13.9 Å². The third-order valence-electron chi connectivity index (χ3n) is 5.56. The van der Waals surface area contributed by atoms with Crippen LogP contribution in [0.1, 0.15) is 26.3 Å². The molecule has 196 valence electrons. The minimum absolute atomic E-state index is 0.0322. The molecule has 1 atom stereocenters. The molecule has 0 heterocycles. The van der Waals surface area contributed by atoms with Gasteiger partial charge < -0.3 is 10.2 Å². The van der Waals surface area contributed by atoms with Crippen molar-refractivity contribution in [2.24, 2.45) is 0 Å². The lowest BCUT2D eigenvalue weighted by molar-refractivity contribution is -0.139. The Bertz CT molecular complexity index is 1330. The third kappa shape index (κ3) is 7.47. The van der Waals surface area contributed by atoms with Crippen molar-refractivity contribution in [1.82, 2.24) is 10.2 Å². The van der Waals surface area contributed by atoms with E-state index in [0.717, 1.165) is 4.31 Å². The number of nitrogens with zero attached hydrogens (tertiary/aromatic N) is 2. The summed E-state index contributed by atoms with van der Waals surface area (Å²) in [6.45, 7) is 4.79. The van der Waals surface area contributed by atoms with Gasteiger partial charge in [-0.2, -0.15) is 0 Å². The molecular formula is C27H29Cl2N3O4S. The number of anilines is 1. The molecule has 3 aromatic rings. The van der Waals surface area contributed by atoms with Crippen LogP contribution in [0.5, 0.6) is 0 Å². The van der Waals surface area contributed by atoms with E-state index in [-0.39, 0.29) is 29.1 Å². The average molecular weight is 563 g/mol. The number of hydrogen-bond acceptors (Lipinski definition) is 4. The fourth-order valence-electron chi connectivity index (χ4n) is 3.68. The van der Waals surface area contributed by atoms with E-state index in [9.17, 15) is 18.0 Å². The molecule has 10 heteroatoms. The van der Waals surface area contributed by atoms with Gasteiger partial charge in [0.05, 0.1) is 10.6 Å². The maximum absolute atomic E-state index is 13.8. The van der Waals surface area contributed by atoms with Gasteiger partial charge in [0.2, 0.25) is 11.8 Å². The quantitative estimate of drug-likeness (QED) is 0.371. The van der Waals surface area contributed by atoms with Crippen LogP contribution in [0.4, 0.5) is 5.69 Å². The number of carbonyl (C=O) groups excluding carboxylic acids is 2. The summed E-state index contributed by atoms with van der Waals surface area (Å²) in [4.78, 5) is 28.1. The van der Waals surface area contributed by atoms with Gasteiger partial charge in [0, 0.05) is 22.6 Å². The van der Waals surface area contributed by atoms with E-state index >= 15 is 0 Å². The predicted molar refractivity (Wildman–Crippen MR) is 147 cm³/mol. The number of carbonyl (C=O) groups is 2. The second kappa shape index (κ2) is 12.4. The van der Waals surface area contributed by atoms with Crippen molar-refractivity contribution in [2.75, 3.05) is 10.8 Å². The molecule has 0 spiro atoms. The highest BCUT2D eigenvalue weighted by atomic mass is 35.5. The molecule has 0 aliphatic rings. The molecule has 1 N–H and O–H groups in total. The molecule has 0 radical (unpaired) electrons. The first-order chi connectivity index (χ1) is 17.5. The molecular weight excluding hydrogens is 533 g/mol. The van der Waals surface area contributed by atoms with Crippen molar-refractivity contribution < 1.29 is 18.0 Å². The van der Waals surface area contributed by atoms with Crippen molar-refractivity contribution >= 4 is 50.7 Å². The highest BCUT2D eigenvalue weighted by Gasteiger charge is 2.32. The van der Waals surface area contributed by atoms with Gasteiger partial charge in [-0.15, -0.1) is 0 Å². The first-order valence-electron chi connectivity index (χ1n) is 11.7. The monoisotopic (exact) mass is 561 g/mol. The Hall–Kier alpha value is -3.07. The van der Waals surface area contributed by atoms with E-state index < -0.39 is 28.5 Å². The van der Waals surface area contributed by atoms with Crippen LogP contribution in [0.15, 0.2) is 83.8 Å². The smallest absolute Gasteiger partial charge is 0.264 e. The maximum Gasteiger partial charge on any atom is 0.264 e. The molecule has 3 rings (SSSR count). The Morgan fingerprint density at radius 3 is 2.11 bits per heavy atom. The SMILES string of the molecule is CC(C)NC(=O)[C@H](C)N(Cc1cccc(Cl)c1)C(=O)CN(c1ccc(Cl)cc1)S(=O)(=O)c1ccccc1. The van der Waals surface area contributed by atoms with Gasteiger partial charge in [-0.05, 0) is 74.9 Å². The molecule has 3 aromatic carbocycles. The number of nitrogens with one attached hydrogen (secondary N) is 1. The lowest BCUT2D eigenvalue weighted by Crippen LogP contribution is -2.52. The molecule has 0 saturated heterocycles. The Balaban J connectivity index is 2.01. The summed E-state index contributed by atoms with van der Waals surface area (Å²) >= 11 is 12.2. The van der Waals surface area contributed by atoms with Crippen LogP contribution in [-0.4, -0.2) is 43.8 Å². The molecule has 0 saturated carbocycles. The van der Waals surface area contributed by atoms with Gasteiger partial charge in [0.15, 0.2) is 0 Å². The second-order valence-electron chi connectivity index (χ2n) is 8.79. The largest absolute Gasteiger partial charge is 0.352 e. The van der Waals surface area contributed by atoms with Crippen LogP contribution < -0.4 is 9.62 Å². The molecule has 0 bridgehead atoms. The molecule has 0 fully saturated rings. The Labute approximate surface area is 228 Å². The number of rotatable bonds is 10. The highest BCUT2D eigenvalue weighted by molar-refractivity contribution is 7.92. The number of hydrogen-bond donors (Lipinski definition) is 1. The fourth-order valence-corrected chi connectivity index (χ4v) is 5.45. The Kier molecular flexibility index (Phi) is 9.59. The summed E-state index contributed by atoms with van der Waals surface area (Å²) in [5, 5.41) is 3.73. The van der Waals surface area contributed by atoms with Crippen molar-refractivity contribution in [2.45, 2.75) is 44.3 Å². The molecule has 7 nitrogen and oxygen atoms in total. The summed E-state index contributed by atoms with van der Waals surface area (Å²) in [5.41, 5.74) is 0.970. The highest BCUT2D eigenvalue weighted by Crippen LogP contribution is 2.26. The van der Waals surface area contributed by atoms with E-state index in [1.54, 1.807) is 61.5 Å². The van der Waals surface area contributed by atoms with Crippen molar-refractivity contribution in [3.8, 4) is 0 Å². The van der Waals surface area contributed by atoms with E-state index in [0.29, 0.717) is 15.6 Å². The first kappa shape index (κ1) is 28.5. The lowest BCUT2D eigenvalue weighted by Gasteiger charge is -2.32. The van der Waals surface area contributed by atoms with E-state index in [2.05, 4.69) is 5.32 Å². The minimum Gasteiger partial charge on any atom is -0.352 e. The summed E-state index contributed by atoms with van der Waals surface area (Å²) in [5.74, 6) is -0.907. The average Bonchev–Trinajstić information content (AvgIpc) is 2.86. The van der Waals surface area contributed by atoms with Gasteiger partial charge in [-0.1, -0.05) is 53.5 Å². The van der Waals surface area contributed by atoms with Gasteiger partial charge in [0.25, 0.3) is 10.0 Å². The predicted octanol–water partition coefficient (Wildman–Crippen LogP) is 5.13. The number of benzene rings is 3. The molecule has 37 heavy (non-hydrogen) atoms. The van der Waals surface area contributed by atoms with Crippen LogP contribution in [0, 0.1) is 0 Å². The maximum atomic E-state index is 13.8. The van der Waals surface area contributed by atoms with Crippen LogP contribution >= 0.6 is 23.2 Å². The summed E-state index contributed by atoms with van der Waals surface area (Å²) in [7, 11) is -4.12. The van der Waals surface area contributed by atoms with Crippen LogP contribution in [-0.2, 0) is 26.2 Å². The van der Waals surface area contributed by atoms with Gasteiger partial charge >= 0.3 is 0 Å². The zero-order valence-electron chi connectivity index (χ0n) is 20.8. The molecule has 0 unspecified atom stereocenters. The normalized spacial score (nSPS) is 12.2. The Morgan fingerprint density at radius 2 is 1.51 bits per heavy atom. The molecule has 0 aliphatic heterocycles. The number of sulfonamides is 1. The van der Waals surface area contributed by atoms with Gasteiger partial charge in [-0.25, -0.2) is 8.42 Å². The molecule has 0 aliphatic carbocycles. The first-order valence-corrected chi connectivity index (χ1v) is 13.9. The van der Waals surface area contributed by atoms with Gasteiger partial charge in [0.1, 0.15) is 12.6 Å². The third-order valence-corrected chi connectivity index (χ3v) is 7.84. The number of halogens is 2. The van der Waals surface area contributed by atoms with Crippen LogP contribution in [0.25, 0.3) is 0 Å². The van der Waals surface area contributed by atoms with Crippen molar-refractivity contribution in [3.63, 3.8) is 0 Å². The molecule has 2 amide bonds. The van der Waals surface area contributed by atoms with E-state index in [1.165, 1.54) is 29.2 Å². The topological polar surface area (TPSA) is 86.8 Å². The zero-order chi connectivity index (χ0) is 27.2. The van der Waals surface area contributed by atoms with Crippen molar-refractivity contribution in [1.29, 1.82) is 0 Å². The minimum atomic E-state index is -4.12. The summed E-state index contributed by atoms with van der Waals surface area (Å²) in [6.07, 6.45) is 0. The van der Waals surface area contributed by atoms with Crippen molar-refractivity contribution in [3.05, 3.63) is 94.5 Å². The lowest BCUT2D eigenvalue weighted by atomic mass is 10.1. The fraction of sp³-hybridized carbons (Fsp3) is 0.259. The summed E-state index contributed by atoms with van der Waals surface area (Å²) in [6, 6.07) is 20.0. The standard InChI is InChI=1S/C27H29Cl2N3O4S/c1-19(2)30-27(34)20(3)31(17-21-8-7-9-23(29)16-21)26(33)18-32(24-14-12-22(28)13-15-24)37(35,36)25-10-5-4-6-11-25/h4-16,19-20H,17-18H2,1-3H3,(H,30,34)/t20-/m0/s1. The molecule has 0 aromatic heterocycles. The summed E-state index contributed by atoms with van der Waals surface area (Å²) < 4.78 is 28.3. The zero-order valence-corrected chi connectivity index (χ0v) is 23.1. The second-order valence-corrected chi connectivity index (χ2v) is 11.5. The van der Waals surface area contributed by atoms with E-state index in [4.69, 9.17) is 23.2 Å². The van der Waals surface area contributed by atoms with Crippen LogP contribution in [0.2, 0.25) is 10.0 Å².